The Bertz CT molecular complexity index is 448. The van der Waals surface area contributed by atoms with Crippen molar-refractivity contribution in [1.82, 2.24) is 0 Å². The van der Waals surface area contributed by atoms with Crippen LogP contribution in [0.4, 0.5) is 0 Å². The third kappa shape index (κ3) is 1.26. The molecule has 0 aliphatic carbocycles. The zero-order chi connectivity index (χ0) is 9.42. The number of thiophene rings is 1. The Hall–Kier alpha value is -0.870. The van der Waals surface area contributed by atoms with Crippen molar-refractivity contribution in [2.75, 3.05) is 7.11 Å². The van der Waals surface area contributed by atoms with Gasteiger partial charge < -0.3 is 9.84 Å². The zero-order valence-electron chi connectivity index (χ0n) is 6.94. The van der Waals surface area contributed by atoms with E-state index in [1.165, 1.54) is 11.3 Å². The molecule has 68 valence electrons. The lowest BCUT2D eigenvalue weighted by molar-refractivity contribution is 0.408. The summed E-state index contributed by atoms with van der Waals surface area (Å²) in [5.74, 6) is 0.980. The van der Waals surface area contributed by atoms with Gasteiger partial charge in [0.05, 0.1) is 16.7 Å². The molecule has 0 aliphatic rings. The molecule has 2 nitrogen and oxygen atoms in total. The molecule has 0 saturated carbocycles. The molecule has 0 saturated heterocycles. The molecule has 2 aromatic rings. The van der Waals surface area contributed by atoms with E-state index in [-0.39, 0.29) is 5.75 Å². The average Bonchev–Trinajstić information content (AvgIpc) is 2.53. The summed E-state index contributed by atoms with van der Waals surface area (Å²) in [5, 5.41) is 12.4. The fourth-order valence-electron chi connectivity index (χ4n) is 1.30. The molecule has 0 fully saturated rings. The van der Waals surface area contributed by atoms with Gasteiger partial charge in [0.1, 0.15) is 11.5 Å². The van der Waals surface area contributed by atoms with Crippen LogP contribution in [0.15, 0.2) is 22.4 Å². The van der Waals surface area contributed by atoms with Crippen LogP contribution in [0.3, 0.4) is 0 Å². The van der Waals surface area contributed by atoms with Crippen LogP contribution >= 0.6 is 24.0 Å². The van der Waals surface area contributed by atoms with Crippen molar-refractivity contribution in [2.45, 2.75) is 4.90 Å². The molecule has 0 radical (unpaired) electrons. The molecule has 2 rings (SSSR count). The number of ether oxygens (including phenoxy) is 1. The van der Waals surface area contributed by atoms with Gasteiger partial charge in [-0.15, -0.1) is 24.0 Å². The van der Waals surface area contributed by atoms with E-state index in [1.807, 2.05) is 11.4 Å². The minimum atomic E-state index is 0.260. The van der Waals surface area contributed by atoms with Crippen molar-refractivity contribution in [3.05, 3.63) is 17.5 Å². The summed E-state index contributed by atoms with van der Waals surface area (Å²) >= 11 is 5.71. The number of hydrogen-bond acceptors (Lipinski definition) is 4. The van der Waals surface area contributed by atoms with Crippen LogP contribution in [-0.2, 0) is 0 Å². The van der Waals surface area contributed by atoms with Gasteiger partial charge in [-0.3, -0.25) is 0 Å². The van der Waals surface area contributed by atoms with Crippen LogP contribution in [0.5, 0.6) is 11.5 Å². The molecule has 4 heteroatoms. The third-order valence-electron chi connectivity index (χ3n) is 1.85. The van der Waals surface area contributed by atoms with Crippen molar-refractivity contribution >= 4 is 34.1 Å². The minimum Gasteiger partial charge on any atom is -0.506 e. The second kappa shape index (κ2) is 3.12. The van der Waals surface area contributed by atoms with Gasteiger partial charge in [-0.1, -0.05) is 0 Å². The topological polar surface area (TPSA) is 29.5 Å². The van der Waals surface area contributed by atoms with Gasteiger partial charge in [-0.05, 0) is 17.5 Å². The van der Waals surface area contributed by atoms with Gasteiger partial charge in [0, 0.05) is 5.39 Å². The summed E-state index contributed by atoms with van der Waals surface area (Å²) < 4.78 is 6.03. The first-order valence-corrected chi connectivity index (χ1v) is 5.03. The molecule has 1 heterocycles. The van der Waals surface area contributed by atoms with Gasteiger partial charge in [0.15, 0.2) is 0 Å². The van der Waals surface area contributed by atoms with Crippen molar-refractivity contribution in [1.29, 1.82) is 0 Å². The number of phenolic OH excluding ortho intramolecular Hbond substituents is 1. The standard InChI is InChI=1S/C9H8O2S2/c1-11-8-5-2-3-13-9(5)6(10)4-7(8)12/h2-4,10,12H,1H3. The minimum absolute atomic E-state index is 0.260. The maximum Gasteiger partial charge on any atom is 0.141 e. The van der Waals surface area contributed by atoms with Gasteiger partial charge in [0.25, 0.3) is 0 Å². The fourth-order valence-corrected chi connectivity index (χ4v) is 2.44. The van der Waals surface area contributed by atoms with Crippen molar-refractivity contribution in [2.24, 2.45) is 0 Å². The lowest BCUT2D eigenvalue weighted by Crippen LogP contribution is -1.84. The van der Waals surface area contributed by atoms with Crippen LogP contribution in [0.1, 0.15) is 0 Å². The molecule has 0 unspecified atom stereocenters. The SMILES string of the molecule is COc1c(S)cc(O)c2sccc12. The number of benzene rings is 1. The number of thiol groups is 1. The average molecular weight is 212 g/mol. The molecule has 0 spiro atoms. The van der Waals surface area contributed by atoms with Crippen LogP contribution in [0.2, 0.25) is 0 Å². The lowest BCUT2D eigenvalue weighted by atomic mass is 10.2. The molecule has 1 aromatic carbocycles. The lowest BCUT2D eigenvalue weighted by Gasteiger charge is -2.06. The molecule has 0 bridgehead atoms. The van der Waals surface area contributed by atoms with Gasteiger partial charge in [-0.2, -0.15) is 0 Å². The molecule has 0 amide bonds. The smallest absolute Gasteiger partial charge is 0.141 e. The molecule has 0 aliphatic heterocycles. The highest BCUT2D eigenvalue weighted by Gasteiger charge is 2.10. The molecule has 1 aromatic heterocycles. The molecule has 13 heavy (non-hydrogen) atoms. The van der Waals surface area contributed by atoms with E-state index in [0.29, 0.717) is 4.90 Å². The Morgan fingerprint density at radius 2 is 2.31 bits per heavy atom. The summed E-state index contributed by atoms with van der Waals surface area (Å²) in [7, 11) is 1.60. The molecule has 1 N–H and O–H groups in total. The normalized spacial score (nSPS) is 10.6. The summed E-state index contributed by atoms with van der Waals surface area (Å²) in [6, 6.07) is 3.51. The summed E-state index contributed by atoms with van der Waals surface area (Å²) in [4.78, 5) is 0.658. The number of hydrogen-bond donors (Lipinski definition) is 2. The second-order valence-corrected chi connectivity index (χ2v) is 4.01. The molecular formula is C9H8O2S2. The Balaban J connectivity index is 2.88. The highest BCUT2D eigenvalue weighted by molar-refractivity contribution is 7.80. The number of aromatic hydroxyl groups is 1. The quantitative estimate of drug-likeness (QED) is 0.712. The van der Waals surface area contributed by atoms with E-state index in [1.54, 1.807) is 13.2 Å². The van der Waals surface area contributed by atoms with E-state index >= 15 is 0 Å². The Morgan fingerprint density at radius 3 is 3.00 bits per heavy atom. The third-order valence-corrected chi connectivity index (χ3v) is 3.12. The Morgan fingerprint density at radius 1 is 1.54 bits per heavy atom. The van der Waals surface area contributed by atoms with E-state index < -0.39 is 0 Å². The van der Waals surface area contributed by atoms with Gasteiger partial charge in [0.2, 0.25) is 0 Å². The second-order valence-electron chi connectivity index (χ2n) is 2.61. The van der Waals surface area contributed by atoms with Crippen LogP contribution < -0.4 is 4.74 Å². The first-order valence-electron chi connectivity index (χ1n) is 3.70. The predicted molar refractivity (Wildman–Crippen MR) is 57.3 cm³/mol. The van der Waals surface area contributed by atoms with Crippen molar-refractivity contribution < 1.29 is 9.84 Å². The monoisotopic (exact) mass is 212 g/mol. The number of methoxy groups -OCH3 is 1. The first kappa shape index (κ1) is 8.72. The van der Waals surface area contributed by atoms with Crippen molar-refractivity contribution in [3.8, 4) is 11.5 Å². The van der Waals surface area contributed by atoms with E-state index in [9.17, 15) is 5.11 Å². The Labute approximate surface area is 85.2 Å². The van der Waals surface area contributed by atoms with E-state index in [2.05, 4.69) is 12.6 Å². The highest BCUT2D eigenvalue weighted by Crippen LogP contribution is 2.40. The molecule has 0 atom stereocenters. The highest BCUT2D eigenvalue weighted by atomic mass is 32.1. The maximum absolute atomic E-state index is 9.57. The van der Waals surface area contributed by atoms with Gasteiger partial charge in [-0.25, -0.2) is 0 Å². The van der Waals surface area contributed by atoms with Gasteiger partial charge >= 0.3 is 0 Å². The maximum atomic E-state index is 9.57. The number of fused-ring (bicyclic) bond motifs is 1. The Kier molecular flexibility index (Phi) is 2.09. The molecular weight excluding hydrogens is 204 g/mol. The first-order chi connectivity index (χ1) is 6.24. The van der Waals surface area contributed by atoms with Crippen LogP contribution in [-0.4, -0.2) is 12.2 Å². The fraction of sp³-hybridized carbons (Fsp3) is 0.111. The summed E-state index contributed by atoms with van der Waals surface area (Å²) in [5.41, 5.74) is 0. The zero-order valence-corrected chi connectivity index (χ0v) is 8.65. The van der Waals surface area contributed by atoms with E-state index in [4.69, 9.17) is 4.74 Å². The predicted octanol–water partition coefficient (Wildman–Crippen LogP) is 2.90. The number of phenols is 1. The summed E-state index contributed by atoms with van der Waals surface area (Å²) in [6.07, 6.45) is 0. The largest absolute Gasteiger partial charge is 0.506 e. The van der Waals surface area contributed by atoms with E-state index in [0.717, 1.165) is 15.8 Å². The number of rotatable bonds is 1. The summed E-state index contributed by atoms with van der Waals surface area (Å²) in [6.45, 7) is 0. The van der Waals surface area contributed by atoms with Crippen LogP contribution in [0.25, 0.3) is 10.1 Å². The van der Waals surface area contributed by atoms with Crippen LogP contribution in [0, 0.1) is 0 Å². The van der Waals surface area contributed by atoms with Crippen molar-refractivity contribution in [3.63, 3.8) is 0 Å².